The number of benzene rings is 2. The van der Waals surface area contributed by atoms with Gasteiger partial charge < -0.3 is 9.47 Å². The second kappa shape index (κ2) is 9.89. The van der Waals surface area contributed by atoms with E-state index in [1.165, 1.54) is 6.08 Å². The summed E-state index contributed by atoms with van der Waals surface area (Å²) in [7, 11) is 3.10. The standard InChI is InChI=1S/C22H23N3O4S/c1-28-18-10-8-14(12-19(18)29-2)9-11-20(26)23-22(30)25-24-21(27)17-13-16(17)15-6-4-3-5-7-15/h3-12,16-17H,13H2,1-2H3,(H,24,27)(H2,23,25,26,30)/b11-9+/t16-,17+/m0/s1. The zero-order chi connectivity index (χ0) is 21.5. The highest BCUT2D eigenvalue weighted by molar-refractivity contribution is 7.80. The molecule has 0 aliphatic heterocycles. The van der Waals surface area contributed by atoms with Gasteiger partial charge in [0, 0.05) is 12.0 Å². The second-order valence-corrected chi connectivity index (χ2v) is 7.15. The Bertz CT molecular complexity index is 962. The fourth-order valence-corrected chi connectivity index (χ4v) is 3.23. The Morgan fingerprint density at radius 3 is 2.47 bits per heavy atom. The normalized spacial score (nSPS) is 17.1. The van der Waals surface area contributed by atoms with E-state index in [0.717, 1.165) is 17.5 Å². The summed E-state index contributed by atoms with van der Waals surface area (Å²) in [6.45, 7) is 0. The summed E-state index contributed by atoms with van der Waals surface area (Å²) >= 11 is 5.05. The van der Waals surface area contributed by atoms with Gasteiger partial charge in [0.15, 0.2) is 16.6 Å². The molecule has 0 aromatic heterocycles. The molecule has 7 nitrogen and oxygen atoms in total. The number of thiocarbonyl (C=S) groups is 1. The van der Waals surface area contributed by atoms with Crippen LogP contribution < -0.4 is 25.6 Å². The molecule has 30 heavy (non-hydrogen) atoms. The summed E-state index contributed by atoms with van der Waals surface area (Å²) < 4.78 is 10.4. The molecule has 3 N–H and O–H groups in total. The van der Waals surface area contributed by atoms with E-state index < -0.39 is 5.91 Å². The van der Waals surface area contributed by atoms with Gasteiger partial charge in [-0.2, -0.15) is 0 Å². The number of hydrogen-bond donors (Lipinski definition) is 3. The SMILES string of the molecule is COc1ccc(/C=C/C(=O)NC(=S)NNC(=O)[C@@H]2C[C@H]2c2ccccc2)cc1OC. The second-order valence-electron chi connectivity index (χ2n) is 6.74. The number of nitrogens with one attached hydrogen (secondary N) is 3. The fraction of sp³-hybridized carbons (Fsp3) is 0.227. The van der Waals surface area contributed by atoms with Gasteiger partial charge in [-0.1, -0.05) is 36.4 Å². The maximum Gasteiger partial charge on any atom is 0.250 e. The highest BCUT2D eigenvalue weighted by Gasteiger charge is 2.43. The first-order valence-electron chi connectivity index (χ1n) is 9.37. The van der Waals surface area contributed by atoms with Crippen molar-refractivity contribution in [2.45, 2.75) is 12.3 Å². The van der Waals surface area contributed by atoms with Crippen molar-refractivity contribution in [3.8, 4) is 11.5 Å². The summed E-state index contributed by atoms with van der Waals surface area (Å²) in [5.41, 5.74) is 7.03. The molecule has 156 valence electrons. The van der Waals surface area contributed by atoms with Crippen molar-refractivity contribution in [3.63, 3.8) is 0 Å². The molecule has 8 heteroatoms. The van der Waals surface area contributed by atoms with E-state index in [0.29, 0.717) is 11.5 Å². The Morgan fingerprint density at radius 1 is 1.03 bits per heavy atom. The summed E-state index contributed by atoms with van der Waals surface area (Å²) in [6, 6.07) is 15.2. The zero-order valence-corrected chi connectivity index (χ0v) is 17.5. The number of amides is 2. The van der Waals surface area contributed by atoms with Crippen molar-refractivity contribution in [2.75, 3.05) is 14.2 Å². The number of ether oxygens (including phenoxy) is 2. The maximum atomic E-state index is 12.2. The minimum Gasteiger partial charge on any atom is -0.493 e. The van der Waals surface area contributed by atoms with E-state index in [1.807, 2.05) is 30.3 Å². The number of methoxy groups -OCH3 is 2. The molecule has 0 saturated heterocycles. The lowest BCUT2D eigenvalue weighted by atomic mass is 10.1. The molecule has 0 radical (unpaired) electrons. The summed E-state index contributed by atoms with van der Waals surface area (Å²) in [6.07, 6.45) is 3.75. The number of carbonyl (C=O) groups is 2. The Hall–Kier alpha value is -3.39. The molecule has 2 aromatic carbocycles. The largest absolute Gasteiger partial charge is 0.493 e. The van der Waals surface area contributed by atoms with Crippen LogP contribution in [-0.4, -0.2) is 31.1 Å². The van der Waals surface area contributed by atoms with Crippen LogP contribution in [0.25, 0.3) is 6.08 Å². The first kappa shape index (κ1) is 21.3. The molecule has 1 aliphatic carbocycles. The van der Waals surface area contributed by atoms with Crippen LogP contribution in [0.3, 0.4) is 0 Å². The van der Waals surface area contributed by atoms with E-state index in [1.54, 1.807) is 38.5 Å². The van der Waals surface area contributed by atoms with E-state index in [9.17, 15) is 9.59 Å². The molecule has 0 spiro atoms. The Kier molecular flexibility index (Phi) is 7.03. The minimum atomic E-state index is -0.426. The van der Waals surface area contributed by atoms with E-state index >= 15 is 0 Å². The van der Waals surface area contributed by atoms with Crippen LogP contribution in [0.15, 0.2) is 54.6 Å². The lowest BCUT2D eigenvalue weighted by Crippen LogP contribution is -2.48. The number of rotatable bonds is 6. The fourth-order valence-electron chi connectivity index (χ4n) is 3.08. The van der Waals surface area contributed by atoms with Gasteiger partial charge in [-0.15, -0.1) is 0 Å². The van der Waals surface area contributed by atoms with Crippen LogP contribution in [0.1, 0.15) is 23.5 Å². The molecule has 0 bridgehead atoms. The quantitative estimate of drug-likeness (QED) is 0.375. The average Bonchev–Trinajstić information content (AvgIpc) is 3.57. The summed E-state index contributed by atoms with van der Waals surface area (Å²) in [5, 5.41) is 2.50. The van der Waals surface area contributed by atoms with Gasteiger partial charge in [0.05, 0.1) is 14.2 Å². The smallest absolute Gasteiger partial charge is 0.250 e. The summed E-state index contributed by atoms with van der Waals surface area (Å²) in [5.74, 6) is 0.717. The third kappa shape index (κ3) is 5.57. The third-order valence-corrected chi connectivity index (χ3v) is 4.93. The predicted octanol–water partition coefficient (Wildman–Crippen LogP) is 2.54. The molecule has 1 fully saturated rings. The van der Waals surface area contributed by atoms with E-state index in [-0.39, 0.29) is 22.9 Å². The van der Waals surface area contributed by atoms with Crippen molar-refractivity contribution < 1.29 is 19.1 Å². The van der Waals surface area contributed by atoms with Crippen LogP contribution in [0.4, 0.5) is 0 Å². The van der Waals surface area contributed by atoms with Crippen LogP contribution in [-0.2, 0) is 9.59 Å². The molecule has 2 amide bonds. The van der Waals surface area contributed by atoms with Crippen LogP contribution in [0.5, 0.6) is 11.5 Å². The molecule has 2 atom stereocenters. The molecule has 0 unspecified atom stereocenters. The highest BCUT2D eigenvalue weighted by atomic mass is 32.1. The van der Waals surface area contributed by atoms with Gasteiger partial charge in [-0.05, 0) is 53.9 Å². The Balaban J connectivity index is 1.43. The topological polar surface area (TPSA) is 88.7 Å². The molecule has 0 heterocycles. The molecular formula is C22H23N3O4S. The van der Waals surface area contributed by atoms with Crippen molar-refractivity contribution >= 4 is 35.2 Å². The van der Waals surface area contributed by atoms with Crippen molar-refractivity contribution in [1.29, 1.82) is 0 Å². The third-order valence-electron chi connectivity index (χ3n) is 4.73. The van der Waals surface area contributed by atoms with E-state index in [2.05, 4.69) is 16.2 Å². The highest BCUT2D eigenvalue weighted by Crippen LogP contribution is 2.47. The zero-order valence-electron chi connectivity index (χ0n) is 16.7. The van der Waals surface area contributed by atoms with E-state index in [4.69, 9.17) is 21.7 Å². The summed E-state index contributed by atoms with van der Waals surface area (Å²) in [4.78, 5) is 24.3. The van der Waals surface area contributed by atoms with Crippen molar-refractivity contribution in [3.05, 3.63) is 65.7 Å². The molecular weight excluding hydrogens is 402 g/mol. The van der Waals surface area contributed by atoms with Crippen LogP contribution >= 0.6 is 12.2 Å². The lowest BCUT2D eigenvalue weighted by molar-refractivity contribution is -0.123. The Morgan fingerprint density at radius 2 is 1.77 bits per heavy atom. The number of hydrogen-bond acceptors (Lipinski definition) is 5. The minimum absolute atomic E-state index is 0.0159. The molecule has 1 aliphatic rings. The predicted molar refractivity (Wildman–Crippen MR) is 118 cm³/mol. The molecule has 2 aromatic rings. The van der Waals surface area contributed by atoms with Gasteiger partial charge in [0.2, 0.25) is 11.8 Å². The first-order valence-corrected chi connectivity index (χ1v) is 9.78. The Labute approximate surface area is 180 Å². The van der Waals surface area contributed by atoms with Gasteiger partial charge in [0.1, 0.15) is 0 Å². The molecule has 1 saturated carbocycles. The van der Waals surface area contributed by atoms with Gasteiger partial charge in [-0.3, -0.25) is 25.8 Å². The van der Waals surface area contributed by atoms with Gasteiger partial charge >= 0.3 is 0 Å². The van der Waals surface area contributed by atoms with Crippen LogP contribution in [0.2, 0.25) is 0 Å². The number of hydrazine groups is 1. The van der Waals surface area contributed by atoms with Crippen LogP contribution in [0, 0.1) is 5.92 Å². The lowest BCUT2D eigenvalue weighted by Gasteiger charge is -2.10. The van der Waals surface area contributed by atoms with Gasteiger partial charge in [-0.25, -0.2) is 0 Å². The maximum absolute atomic E-state index is 12.2. The molecule has 3 rings (SSSR count). The first-order chi connectivity index (χ1) is 14.5. The number of carbonyl (C=O) groups excluding carboxylic acids is 2. The van der Waals surface area contributed by atoms with Gasteiger partial charge in [0.25, 0.3) is 0 Å². The van der Waals surface area contributed by atoms with Crippen molar-refractivity contribution in [1.82, 2.24) is 16.2 Å². The average molecular weight is 426 g/mol. The van der Waals surface area contributed by atoms with Crippen molar-refractivity contribution in [2.24, 2.45) is 5.92 Å². The monoisotopic (exact) mass is 425 g/mol.